The SMILES string of the molecule is Cc1noc(C)c1S(=O)(=O)NC[C@H](c1ccc(N(C)C)cc1)c1c[nH]c2ccccc12. The van der Waals surface area contributed by atoms with Crippen LogP contribution in [0.3, 0.4) is 0 Å². The van der Waals surface area contributed by atoms with Gasteiger partial charge in [0.25, 0.3) is 0 Å². The summed E-state index contributed by atoms with van der Waals surface area (Å²) in [6.07, 6.45) is 1.96. The lowest BCUT2D eigenvalue weighted by molar-refractivity contribution is 0.390. The number of sulfonamides is 1. The molecule has 0 radical (unpaired) electrons. The van der Waals surface area contributed by atoms with E-state index in [2.05, 4.69) is 14.9 Å². The zero-order valence-electron chi connectivity index (χ0n) is 18.0. The van der Waals surface area contributed by atoms with Crippen LogP contribution in [0.5, 0.6) is 0 Å². The Morgan fingerprint density at radius 2 is 1.81 bits per heavy atom. The van der Waals surface area contributed by atoms with Crippen molar-refractivity contribution >= 4 is 26.6 Å². The van der Waals surface area contributed by atoms with Crippen LogP contribution in [0, 0.1) is 13.8 Å². The molecule has 2 heterocycles. The Labute approximate surface area is 182 Å². The zero-order valence-corrected chi connectivity index (χ0v) is 18.8. The van der Waals surface area contributed by atoms with Crippen molar-refractivity contribution in [1.82, 2.24) is 14.9 Å². The fourth-order valence-electron chi connectivity index (χ4n) is 3.92. The van der Waals surface area contributed by atoms with Crippen molar-refractivity contribution in [2.75, 3.05) is 25.5 Å². The molecule has 0 aliphatic carbocycles. The molecule has 1 atom stereocenters. The summed E-state index contributed by atoms with van der Waals surface area (Å²) in [6, 6.07) is 16.2. The monoisotopic (exact) mass is 438 g/mol. The predicted octanol–water partition coefficient (Wildman–Crippen LogP) is 3.95. The average Bonchev–Trinajstić information content (AvgIpc) is 3.32. The lowest BCUT2D eigenvalue weighted by Crippen LogP contribution is -2.29. The second-order valence-corrected chi connectivity index (χ2v) is 9.54. The molecule has 2 N–H and O–H groups in total. The van der Waals surface area contributed by atoms with Crippen LogP contribution in [0.15, 0.2) is 64.1 Å². The molecular weight excluding hydrogens is 412 g/mol. The van der Waals surface area contributed by atoms with E-state index >= 15 is 0 Å². The topological polar surface area (TPSA) is 91.2 Å². The normalized spacial score (nSPS) is 12.9. The van der Waals surface area contributed by atoms with Gasteiger partial charge in [-0.3, -0.25) is 0 Å². The number of anilines is 1. The molecule has 4 aromatic rings. The van der Waals surface area contributed by atoms with Crippen LogP contribution in [-0.4, -0.2) is 39.2 Å². The van der Waals surface area contributed by atoms with Crippen LogP contribution in [0.2, 0.25) is 0 Å². The molecule has 8 heteroatoms. The first-order valence-corrected chi connectivity index (χ1v) is 11.5. The van der Waals surface area contributed by atoms with Gasteiger partial charge in [0.1, 0.15) is 10.6 Å². The summed E-state index contributed by atoms with van der Waals surface area (Å²) in [6.45, 7) is 3.43. The Balaban J connectivity index is 1.72. The fraction of sp³-hybridized carbons (Fsp3) is 0.261. The van der Waals surface area contributed by atoms with Gasteiger partial charge in [0.05, 0.1) is 0 Å². The van der Waals surface area contributed by atoms with Crippen molar-refractivity contribution in [3.63, 3.8) is 0 Å². The molecule has 0 bridgehead atoms. The van der Waals surface area contributed by atoms with Gasteiger partial charge in [-0.1, -0.05) is 35.5 Å². The highest BCUT2D eigenvalue weighted by molar-refractivity contribution is 7.89. The Morgan fingerprint density at radius 3 is 2.45 bits per heavy atom. The Bertz CT molecular complexity index is 1280. The smallest absolute Gasteiger partial charge is 0.245 e. The van der Waals surface area contributed by atoms with E-state index in [1.54, 1.807) is 13.8 Å². The van der Waals surface area contributed by atoms with Crippen LogP contribution >= 0.6 is 0 Å². The standard InChI is InChI=1S/C23H26N4O3S/c1-15-23(16(2)30-26-15)31(28,29)25-14-20(17-9-11-18(12-10-17)27(3)4)21-13-24-22-8-6-5-7-19(21)22/h5-13,20,24-25H,14H2,1-4H3/t20-/m1/s1. The second kappa shape index (κ2) is 8.20. The lowest BCUT2D eigenvalue weighted by atomic mass is 9.91. The summed E-state index contributed by atoms with van der Waals surface area (Å²) in [5.41, 5.74) is 4.51. The van der Waals surface area contributed by atoms with E-state index < -0.39 is 10.0 Å². The van der Waals surface area contributed by atoms with Gasteiger partial charge in [0.2, 0.25) is 10.0 Å². The minimum Gasteiger partial charge on any atom is -0.378 e. The van der Waals surface area contributed by atoms with E-state index in [4.69, 9.17) is 4.52 Å². The first-order valence-electron chi connectivity index (χ1n) is 10.0. The molecule has 0 fully saturated rings. The zero-order chi connectivity index (χ0) is 22.2. The van der Waals surface area contributed by atoms with Crippen molar-refractivity contribution in [2.24, 2.45) is 0 Å². The van der Waals surface area contributed by atoms with E-state index in [9.17, 15) is 8.42 Å². The molecule has 7 nitrogen and oxygen atoms in total. The van der Waals surface area contributed by atoms with Gasteiger partial charge < -0.3 is 14.4 Å². The first-order chi connectivity index (χ1) is 14.8. The Hall–Kier alpha value is -3.10. The van der Waals surface area contributed by atoms with Crippen LogP contribution in [0.4, 0.5) is 5.69 Å². The van der Waals surface area contributed by atoms with E-state index in [1.165, 1.54) is 0 Å². The number of nitrogens with one attached hydrogen (secondary N) is 2. The van der Waals surface area contributed by atoms with Gasteiger partial charge in [0, 0.05) is 49.3 Å². The van der Waals surface area contributed by atoms with Crippen molar-refractivity contribution < 1.29 is 12.9 Å². The van der Waals surface area contributed by atoms with Gasteiger partial charge >= 0.3 is 0 Å². The molecule has 2 aromatic carbocycles. The molecule has 2 aromatic heterocycles. The quantitative estimate of drug-likeness (QED) is 0.456. The van der Waals surface area contributed by atoms with E-state index in [0.29, 0.717) is 5.69 Å². The minimum atomic E-state index is -3.77. The van der Waals surface area contributed by atoms with Gasteiger partial charge in [-0.2, -0.15) is 0 Å². The molecule has 0 saturated carbocycles. The van der Waals surface area contributed by atoms with Crippen molar-refractivity contribution in [3.8, 4) is 0 Å². The molecule has 0 saturated heterocycles. The highest BCUT2D eigenvalue weighted by atomic mass is 32.2. The largest absolute Gasteiger partial charge is 0.378 e. The van der Waals surface area contributed by atoms with Gasteiger partial charge in [-0.05, 0) is 43.2 Å². The molecule has 4 rings (SSSR count). The molecule has 0 aliphatic heterocycles. The molecular formula is C23H26N4O3S. The molecule has 31 heavy (non-hydrogen) atoms. The van der Waals surface area contributed by atoms with Crippen LogP contribution in [0.25, 0.3) is 10.9 Å². The number of fused-ring (bicyclic) bond motifs is 1. The highest BCUT2D eigenvalue weighted by Crippen LogP contribution is 2.32. The summed E-state index contributed by atoms with van der Waals surface area (Å²) in [7, 11) is 0.208. The maximum absolute atomic E-state index is 13.0. The summed E-state index contributed by atoms with van der Waals surface area (Å²) >= 11 is 0. The number of rotatable bonds is 7. The molecule has 0 amide bonds. The summed E-state index contributed by atoms with van der Waals surface area (Å²) in [5.74, 6) is 0.103. The summed E-state index contributed by atoms with van der Waals surface area (Å²) in [4.78, 5) is 5.44. The van der Waals surface area contributed by atoms with Crippen LogP contribution in [0.1, 0.15) is 28.5 Å². The number of para-hydroxylation sites is 1. The van der Waals surface area contributed by atoms with Gasteiger partial charge in [0.15, 0.2) is 5.76 Å². The van der Waals surface area contributed by atoms with Crippen molar-refractivity contribution in [3.05, 3.63) is 77.3 Å². The van der Waals surface area contributed by atoms with Gasteiger partial charge in [-0.15, -0.1) is 0 Å². The number of hydrogen-bond acceptors (Lipinski definition) is 5. The molecule has 0 spiro atoms. The number of aromatic amines is 1. The van der Waals surface area contributed by atoms with E-state index in [-0.39, 0.29) is 23.1 Å². The second-order valence-electron chi connectivity index (χ2n) is 7.83. The third-order valence-electron chi connectivity index (χ3n) is 5.52. The highest BCUT2D eigenvalue weighted by Gasteiger charge is 2.27. The number of aryl methyl sites for hydroxylation is 2. The number of H-pyrrole nitrogens is 1. The number of aromatic nitrogens is 2. The number of hydrogen-bond donors (Lipinski definition) is 2. The molecule has 162 valence electrons. The summed E-state index contributed by atoms with van der Waals surface area (Å²) in [5, 5.41) is 4.85. The minimum absolute atomic E-state index is 0.105. The third-order valence-corrected chi connectivity index (χ3v) is 7.19. The number of benzene rings is 2. The lowest BCUT2D eigenvalue weighted by Gasteiger charge is -2.20. The van der Waals surface area contributed by atoms with Crippen molar-refractivity contribution in [2.45, 2.75) is 24.7 Å². The molecule has 0 aliphatic rings. The average molecular weight is 439 g/mol. The Kier molecular flexibility index (Phi) is 5.60. The van der Waals surface area contributed by atoms with E-state index in [0.717, 1.165) is 27.7 Å². The maximum atomic E-state index is 13.0. The van der Waals surface area contributed by atoms with E-state index in [1.807, 2.05) is 73.7 Å². The molecule has 0 unspecified atom stereocenters. The van der Waals surface area contributed by atoms with Crippen molar-refractivity contribution in [1.29, 1.82) is 0 Å². The van der Waals surface area contributed by atoms with Crippen LogP contribution in [-0.2, 0) is 10.0 Å². The third kappa shape index (κ3) is 4.08. The maximum Gasteiger partial charge on any atom is 0.245 e. The fourth-order valence-corrected chi connectivity index (χ4v) is 5.29. The Morgan fingerprint density at radius 1 is 1.10 bits per heavy atom. The first kappa shape index (κ1) is 21.1. The summed E-state index contributed by atoms with van der Waals surface area (Å²) < 4.78 is 33.9. The van der Waals surface area contributed by atoms with Gasteiger partial charge in [-0.25, -0.2) is 13.1 Å². The predicted molar refractivity (Wildman–Crippen MR) is 122 cm³/mol. The number of nitrogens with zero attached hydrogens (tertiary/aromatic N) is 2. The van der Waals surface area contributed by atoms with Crippen LogP contribution < -0.4 is 9.62 Å².